The number of furan rings is 1. The number of nitrogens with two attached hydrogens (primary N) is 1. The van der Waals surface area contributed by atoms with E-state index >= 15 is 0 Å². The normalized spacial score (nSPS) is 18.0. The van der Waals surface area contributed by atoms with E-state index in [0.29, 0.717) is 18.0 Å². The number of hydrogen-bond acceptors (Lipinski definition) is 5. The SMILES string of the molecule is NC(=O)CN1CCC[C@H](NC(=O)c2ccc(-c3ccco3)[nH]c2=O)C1. The predicted molar refractivity (Wildman–Crippen MR) is 90.9 cm³/mol. The summed E-state index contributed by atoms with van der Waals surface area (Å²) < 4.78 is 5.23. The van der Waals surface area contributed by atoms with Crippen molar-refractivity contribution in [3.8, 4) is 11.5 Å². The van der Waals surface area contributed by atoms with E-state index in [4.69, 9.17) is 10.2 Å². The zero-order chi connectivity index (χ0) is 17.8. The molecule has 0 radical (unpaired) electrons. The van der Waals surface area contributed by atoms with Crippen molar-refractivity contribution < 1.29 is 14.0 Å². The summed E-state index contributed by atoms with van der Waals surface area (Å²) >= 11 is 0. The fourth-order valence-corrected chi connectivity index (χ4v) is 3.03. The van der Waals surface area contributed by atoms with Gasteiger partial charge in [0.15, 0.2) is 0 Å². The van der Waals surface area contributed by atoms with Gasteiger partial charge in [0.05, 0.1) is 18.5 Å². The highest BCUT2D eigenvalue weighted by molar-refractivity contribution is 5.94. The monoisotopic (exact) mass is 344 g/mol. The quantitative estimate of drug-likeness (QED) is 0.721. The van der Waals surface area contributed by atoms with E-state index in [1.165, 1.54) is 12.3 Å². The third-order valence-corrected chi connectivity index (χ3v) is 4.16. The molecule has 2 amide bonds. The average molecular weight is 344 g/mol. The van der Waals surface area contributed by atoms with E-state index in [-0.39, 0.29) is 18.2 Å². The molecule has 0 spiro atoms. The van der Waals surface area contributed by atoms with Gasteiger partial charge in [-0.1, -0.05) is 0 Å². The van der Waals surface area contributed by atoms with Gasteiger partial charge in [0.25, 0.3) is 11.5 Å². The average Bonchev–Trinajstić information content (AvgIpc) is 3.08. The molecule has 25 heavy (non-hydrogen) atoms. The van der Waals surface area contributed by atoms with Crippen molar-refractivity contribution in [1.29, 1.82) is 0 Å². The Morgan fingerprint density at radius 3 is 2.88 bits per heavy atom. The summed E-state index contributed by atoms with van der Waals surface area (Å²) in [5.41, 5.74) is 5.29. The third kappa shape index (κ3) is 4.16. The first-order valence-corrected chi connectivity index (χ1v) is 8.11. The maximum Gasteiger partial charge on any atom is 0.261 e. The van der Waals surface area contributed by atoms with Gasteiger partial charge < -0.3 is 20.5 Å². The minimum absolute atomic E-state index is 0.0438. The van der Waals surface area contributed by atoms with Crippen LogP contribution in [0.1, 0.15) is 23.2 Å². The molecule has 0 unspecified atom stereocenters. The molecule has 8 heteroatoms. The molecule has 0 aromatic carbocycles. The molecule has 0 aliphatic carbocycles. The van der Waals surface area contributed by atoms with Crippen LogP contribution in [0, 0.1) is 0 Å². The number of piperidine rings is 1. The number of amides is 2. The number of pyridine rings is 1. The van der Waals surface area contributed by atoms with Crippen molar-refractivity contribution in [3.63, 3.8) is 0 Å². The number of nitrogens with zero attached hydrogens (tertiary/aromatic N) is 1. The Labute approximate surface area is 144 Å². The topological polar surface area (TPSA) is 121 Å². The standard InChI is InChI=1S/C17H20N4O4/c18-15(22)10-21-7-1-3-11(9-21)19-16(23)12-5-6-13(20-17(12)24)14-4-2-8-25-14/h2,4-6,8,11H,1,3,7,9-10H2,(H2,18,22)(H,19,23)(H,20,24)/t11-/m0/s1. The van der Waals surface area contributed by atoms with Crippen LogP contribution in [0.4, 0.5) is 0 Å². The first kappa shape index (κ1) is 17.0. The van der Waals surface area contributed by atoms with Gasteiger partial charge in [-0.25, -0.2) is 0 Å². The Kier molecular flexibility index (Phi) is 4.99. The lowest BCUT2D eigenvalue weighted by atomic mass is 10.1. The zero-order valence-electron chi connectivity index (χ0n) is 13.7. The molecule has 1 aliphatic rings. The van der Waals surface area contributed by atoms with Crippen molar-refractivity contribution in [2.24, 2.45) is 5.73 Å². The molecular weight excluding hydrogens is 324 g/mol. The maximum absolute atomic E-state index is 12.4. The van der Waals surface area contributed by atoms with Gasteiger partial charge in [-0.15, -0.1) is 0 Å². The van der Waals surface area contributed by atoms with Crippen molar-refractivity contribution in [1.82, 2.24) is 15.2 Å². The number of H-pyrrole nitrogens is 1. The lowest BCUT2D eigenvalue weighted by molar-refractivity contribution is -0.119. The molecule has 2 aromatic rings. The highest BCUT2D eigenvalue weighted by Gasteiger charge is 2.23. The maximum atomic E-state index is 12.4. The summed E-state index contributed by atoms with van der Waals surface area (Å²) in [7, 11) is 0. The fourth-order valence-electron chi connectivity index (χ4n) is 3.03. The first-order valence-electron chi connectivity index (χ1n) is 8.11. The van der Waals surface area contributed by atoms with Crippen LogP contribution in [-0.4, -0.2) is 47.4 Å². The molecule has 1 saturated heterocycles. The Balaban J connectivity index is 1.67. The number of carbonyl (C=O) groups is 2. The lowest BCUT2D eigenvalue weighted by Crippen LogP contribution is -2.50. The van der Waals surface area contributed by atoms with E-state index < -0.39 is 17.4 Å². The molecule has 3 heterocycles. The van der Waals surface area contributed by atoms with Crippen LogP contribution in [0.5, 0.6) is 0 Å². The van der Waals surface area contributed by atoms with E-state index in [1.807, 2.05) is 4.90 Å². The second-order valence-corrected chi connectivity index (χ2v) is 6.11. The first-order chi connectivity index (χ1) is 12.0. The predicted octanol–water partition coefficient (Wildman–Crippen LogP) is 0.314. The summed E-state index contributed by atoms with van der Waals surface area (Å²) in [5, 5.41) is 2.86. The Bertz CT molecular complexity index is 812. The summed E-state index contributed by atoms with van der Waals surface area (Å²) in [4.78, 5) is 40.2. The van der Waals surface area contributed by atoms with Gasteiger partial charge in [-0.2, -0.15) is 0 Å². The van der Waals surface area contributed by atoms with E-state index in [1.54, 1.807) is 18.2 Å². The largest absolute Gasteiger partial charge is 0.463 e. The summed E-state index contributed by atoms with van der Waals surface area (Å²) in [6.07, 6.45) is 3.16. The van der Waals surface area contributed by atoms with Crippen LogP contribution in [-0.2, 0) is 4.79 Å². The molecule has 1 fully saturated rings. The second kappa shape index (κ2) is 7.35. The Morgan fingerprint density at radius 2 is 2.20 bits per heavy atom. The number of primary amides is 1. The van der Waals surface area contributed by atoms with Crippen LogP contribution in [0.25, 0.3) is 11.5 Å². The van der Waals surface area contributed by atoms with Crippen LogP contribution in [0.2, 0.25) is 0 Å². The minimum Gasteiger partial charge on any atom is -0.463 e. The number of carbonyl (C=O) groups excluding carboxylic acids is 2. The number of hydrogen-bond donors (Lipinski definition) is 3. The summed E-state index contributed by atoms with van der Waals surface area (Å²) in [5.74, 6) is -0.298. The molecule has 0 saturated carbocycles. The zero-order valence-corrected chi connectivity index (χ0v) is 13.7. The molecule has 132 valence electrons. The molecule has 4 N–H and O–H groups in total. The van der Waals surface area contributed by atoms with Crippen molar-refractivity contribution in [3.05, 3.63) is 46.4 Å². The van der Waals surface area contributed by atoms with Gasteiger partial charge in [-0.05, 0) is 43.7 Å². The van der Waals surface area contributed by atoms with Crippen LogP contribution in [0.3, 0.4) is 0 Å². The molecular formula is C17H20N4O4. The molecule has 0 bridgehead atoms. The Hall–Kier alpha value is -2.87. The number of rotatable bonds is 5. The molecule has 1 aliphatic heterocycles. The van der Waals surface area contributed by atoms with Crippen LogP contribution >= 0.6 is 0 Å². The van der Waals surface area contributed by atoms with E-state index in [0.717, 1.165) is 19.4 Å². The van der Waals surface area contributed by atoms with Gasteiger partial charge in [-0.3, -0.25) is 19.3 Å². The smallest absolute Gasteiger partial charge is 0.261 e. The molecule has 8 nitrogen and oxygen atoms in total. The minimum atomic E-state index is -0.476. The van der Waals surface area contributed by atoms with Gasteiger partial charge >= 0.3 is 0 Å². The van der Waals surface area contributed by atoms with Crippen molar-refractivity contribution >= 4 is 11.8 Å². The summed E-state index contributed by atoms with van der Waals surface area (Å²) in [6.45, 7) is 1.48. The van der Waals surface area contributed by atoms with Gasteiger partial charge in [0.1, 0.15) is 11.3 Å². The lowest BCUT2D eigenvalue weighted by Gasteiger charge is -2.32. The van der Waals surface area contributed by atoms with E-state index in [2.05, 4.69) is 10.3 Å². The second-order valence-electron chi connectivity index (χ2n) is 6.11. The summed E-state index contributed by atoms with van der Waals surface area (Å²) in [6, 6.07) is 6.44. The van der Waals surface area contributed by atoms with Crippen LogP contribution in [0.15, 0.2) is 39.7 Å². The van der Waals surface area contributed by atoms with Gasteiger partial charge in [0.2, 0.25) is 5.91 Å². The highest BCUT2D eigenvalue weighted by Crippen LogP contribution is 2.16. The van der Waals surface area contributed by atoms with Gasteiger partial charge in [0, 0.05) is 12.6 Å². The van der Waals surface area contributed by atoms with E-state index in [9.17, 15) is 14.4 Å². The fraction of sp³-hybridized carbons (Fsp3) is 0.353. The highest BCUT2D eigenvalue weighted by atomic mass is 16.3. The number of aromatic nitrogens is 1. The number of aromatic amines is 1. The molecule has 2 aromatic heterocycles. The molecule has 3 rings (SSSR count). The number of nitrogens with one attached hydrogen (secondary N) is 2. The van der Waals surface area contributed by atoms with Crippen molar-refractivity contribution in [2.75, 3.05) is 19.6 Å². The van der Waals surface area contributed by atoms with Crippen molar-refractivity contribution in [2.45, 2.75) is 18.9 Å². The molecule has 1 atom stereocenters. The third-order valence-electron chi connectivity index (χ3n) is 4.16. The van der Waals surface area contributed by atoms with Crippen LogP contribution < -0.4 is 16.6 Å². The Morgan fingerprint density at radius 1 is 1.36 bits per heavy atom. The number of likely N-dealkylation sites (tertiary alicyclic amines) is 1.